The summed E-state index contributed by atoms with van der Waals surface area (Å²) in [6, 6.07) is -0.704. The zero-order valence-electron chi connectivity index (χ0n) is 15.5. The molecule has 31 heavy (non-hydrogen) atoms. The second kappa shape index (κ2) is 8.73. The van der Waals surface area contributed by atoms with Gasteiger partial charge >= 0.3 is 41.3 Å². The molecular formula is C15H12F6N2O8. The molecule has 0 spiro atoms. The van der Waals surface area contributed by atoms with Gasteiger partial charge in [0, 0.05) is 30.5 Å². The molecule has 0 saturated carbocycles. The van der Waals surface area contributed by atoms with Crippen LogP contribution in [0.25, 0.3) is 0 Å². The van der Waals surface area contributed by atoms with E-state index in [1.807, 2.05) is 0 Å². The number of esters is 2. The number of carbonyl (C=O) groups excluding carboxylic acids is 2. The lowest BCUT2D eigenvalue weighted by Gasteiger charge is -2.36. The second-order valence-corrected chi connectivity index (χ2v) is 5.69. The fourth-order valence-corrected chi connectivity index (χ4v) is 2.27. The van der Waals surface area contributed by atoms with Gasteiger partial charge in [0.15, 0.2) is 0 Å². The predicted octanol–water partition coefficient (Wildman–Crippen LogP) is 4.09. The lowest BCUT2D eigenvalue weighted by molar-refractivity contribution is -0.397. The average molecular weight is 462 g/mol. The number of benzene rings is 1. The van der Waals surface area contributed by atoms with Crippen LogP contribution >= 0.6 is 0 Å². The quantitative estimate of drug-likeness (QED) is 0.194. The smallest absolute Gasteiger partial charge is 0.434 e. The molecule has 10 nitrogen and oxygen atoms in total. The average Bonchev–Trinajstić information content (AvgIpc) is 2.63. The number of nitro benzene ring substituents is 2. The number of alkyl halides is 6. The van der Waals surface area contributed by atoms with Crippen molar-refractivity contribution in [3.05, 3.63) is 37.9 Å². The molecule has 0 fully saturated rings. The van der Waals surface area contributed by atoms with Gasteiger partial charge in [-0.15, -0.1) is 0 Å². The first-order chi connectivity index (χ1) is 14.0. The zero-order valence-corrected chi connectivity index (χ0v) is 15.5. The Balaban J connectivity index is 4.14. The van der Waals surface area contributed by atoms with E-state index >= 15 is 0 Å². The number of hydrogen-bond acceptors (Lipinski definition) is 8. The highest BCUT2D eigenvalue weighted by molar-refractivity contribution is 5.77. The van der Waals surface area contributed by atoms with Gasteiger partial charge < -0.3 is 9.47 Å². The molecule has 0 radical (unpaired) electrons. The number of hydrogen-bond donors (Lipinski definition) is 0. The molecule has 172 valence electrons. The summed E-state index contributed by atoms with van der Waals surface area (Å²) >= 11 is 0. The topological polar surface area (TPSA) is 139 Å². The van der Waals surface area contributed by atoms with E-state index in [2.05, 4.69) is 9.47 Å². The van der Waals surface area contributed by atoms with Crippen molar-refractivity contribution in [3.63, 3.8) is 0 Å². The van der Waals surface area contributed by atoms with Crippen LogP contribution in [0.5, 0.6) is 5.75 Å². The van der Waals surface area contributed by atoms with E-state index < -0.39 is 75.3 Å². The number of nitrogens with zero attached hydrogens (tertiary/aromatic N) is 2. The van der Waals surface area contributed by atoms with Crippen LogP contribution in [0, 0.1) is 20.2 Å². The van der Waals surface area contributed by atoms with E-state index in [-0.39, 0.29) is 12.1 Å². The number of nitro groups is 2. The first-order valence-electron chi connectivity index (χ1n) is 8.06. The Morgan fingerprint density at radius 3 is 1.55 bits per heavy atom. The Bertz CT molecular complexity index is 863. The van der Waals surface area contributed by atoms with Crippen LogP contribution in [0.1, 0.15) is 32.3 Å². The molecule has 16 heteroatoms. The van der Waals surface area contributed by atoms with Gasteiger partial charge in [-0.05, 0) is 0 Å². The third-order valence-corrected chi connectivity index (χ3v) is 3.71. The Morgan fingerprint density at radius 1 is 0.871 bits per heavy atom. The highest BCUT2D eigenvalue weighted by atomic mass is 19.4. The van der Waals surface area contributed by atoms with Crippen molar-refractivity contribution >= 4 is 23.3 Å². The maximum absolute atomic E-state index is 13.7. The Labute approximate surface area is 168 Å². The number of halogens is 6. The predicted molar refractivity (Wildman–Crippen MR) is 85.8 cm³/mol. The van der Waals surface area contributed by atoms with Crippen LogP contribution in [-0.4, -0.2) is 34.1 Å². The molecule has 1 aromatic carbocycles. The van der Waals surface area contributed by atoms with E-state index in [1.165, 1.54) is 0 Å². The SMILES string of the molecule is CCC(=O)Oc1c([N+](=O)[O-])cc(C(OC(=O)CC)(C(F)(F)F)C(F)(F)F)cc1[N+](=O)[O-]. The van der Waals surface area contributed by atoms with Crippen molar-refractivity contribution in [2.75, 3.05) is 0 Å². The monoisotopic (exact) mass is 462 g/mol. The standard InChI is InChI=1S/C15H12F6N2O8/c1-3-10(24)30-12-8(22(26)27)5-7(6-9(12)23(28)29)13(14(16,17)18,15(19,20)21)31-11(25)4-2/h5-6H,3-4H2,1-2H3. The maximum Gasteiger partial charge on any atom is 0.442 e. The lowest BCUT2D eigenvalue weighted by atomic mass is 9.90. The van der Waals surface area contributed by atoms with E-state index in [0.29, 0.717) is 0 Å². The van der Waals surface area contributed by atoms with Gasteiger partial charge in [0.2, 0.25) is 0 Å². The van der Waals surface area contributed by atoms with Crippen molar-refractivity contribution in [2.24, 2.45) is 0 Å². The zero-order chi connectivity index (χ0) is 24.4. The molecule has 0 aliphatic heterocycles. The normalized spacial score (nSPS) is 12.3. The summed E-state index contributed by atoms with van der Waals surface area (Å²) < 4.78 is 90.0. The van der Waals surface area contributed by atoms with Crippen LogP contribution in [0.4, 0.5) is 37.7 Å². The minimum Gasteiger partial charge on any atom is -0.434 e. The largest absolute Gasteiger partial charge is 0.442 e. The summed E-state index contributed by atoms with van der Waals surface area (Å²) in [6.45, 7) is 2.04. The van der Waals surface area contributed by atoms with Gasteiger partial charge in [0.1, 0.15) is 0 Å². The molecule has 0 N–H and O–H groups in total. The molecule has 0 atom stereocenters. The molecule has 1 rings (SSSR count). The summed E-state index contributed by atoms with van der Waals surface area (Å²) in [6.07, 6.45) is -14.3. The highest BCUT2D eigenvalue weighted by Gasteiger charge is 2.76. The third kappa shape index (κ3) is 4.83. The Morgan fingerprint density at radius 2 is 1.26 bits per heavy atom. The van der Waals surface area contributed by atoms with E-state index in [1.54, 1.807) is 0 Å². The van der Waals surface area contributed by atoms with E-state index in [0.717, 1.165) is 13.8 Å². The van der Waals surface area contributed by atoms with Crippen molar-refractivity contribution in [1.29, 1.82) is 0 Å². The Kier molecular flexibility index (Phi) is 7.20. The fourth-order valence-electron chi connectivity index (χ4n) is 2.27. The maximum atomic E-state index is 13.7. The third-order valence-electron chi connectivity index (χ3n) is 3.71. The van der Waals surface area contributed by atoms with Crippen molar-refractivity contribution in [3.8, 4) is 5.75 Å². The van der Waals surface area contributed by atoms with Gasteiger partial charge in [-0.25, -0.2) is 0 Å². The van der Waals surface area contributed by atoms with Gasteiger partial charge in [0.25, 0.3) is 5.75 Å². The Hall–Kier alpha value is -3.46. The van der Waals surface area contributed by atoms with Crippen LogP contribution in [0.2, 0.25) is 0 Å². The van der Waals surface area contributed by atoms with Crippen molar-refractivity contribution in [1.82, 2.24) is 0 Å². The van der Waals surface area contributed by atoms with Crippen LogP contribution < -0.4 is 4.74 Å². The summed E-state index contributed by atoms with van der Waals surface area (Å²) in [5.41, 5.74) is -11.2. The van der Waals surface area contributed by atoms with Gasteiger partial charge in [-0.2, -0.15) is 26.3 Å². The summed E-state index contributed by atoms with van der Waals surface area (Å²) in [5, 5.41) is 22.5. The number of rotatable bonds is 7. The highest BCUT2D eigenvalue weighted by Crippen LogP contribution is 2.55. The first kappa shape index (κ1) is 25.6. The van der Waals surface area contributed by atoms with Crippen LogP contribution in [0.3, 0.4) is 0 Å². The molecule has 0 saturated heterocycles. The molecule has 1 aromatic rings. The summed E-state index contributed by atoms with van der Waals surface area (Å²) in [4.78, 5) is 42.2. The fraction of sp³-hybridized carbons (Fsp3) is 0.467. The van der Waals surface area contributed by atoms with Crippen molar-refractivity contribution < 1.29 is 55.3 Å². The molecule has 0 heterocycles. The van der Waals surface area contributed by atoms with E-state index in [9.17, 15) is 56.2 Å². The number of ether oxygens (including phenoxy) is 2. The molecule has 0 aliphatic rings. The number of carbonyl (C=O) groups is 2. The first-order valence-corrected chi connectivity index (χ1v) is 8.06. The molecule has 0 aromatic heterocycles. The van der Waals surface area contributed by atoms with E-state index in [4.69, 9.17) is 0 Å². The van der Waals surface area contributed by atoms with Gasteiger partial charge in [-0.3, -0.25) is 29.8 Å². The summed E-state index contributed by atoms with van der Waals surface area (Å²) in [5.74, 6) is -4.78. The molecule has 0 bridgehead atoms. The van der Waals surface area contributed by atoms with Crippen LogP contribution in [0.15, 0.2) is 12.1 Å². The molecular weight excluding hydrogens is 450 g/mol. The van der Waals surface area contributed by atoms with Crippen molar-refractivity contribution in [2.45, 2.75) is 44.6 Å². The minimum atomic E-state index is -6.45. The second-order valence-electron chi connectivity index (χ2n) is 5.69. The molecule has 0 unspecified atom stereocenters. The lowest BCUT2D eigenvalue weighted by Crippen LogP contribution is -2.56. The van der Waals surface area contributed by atoms with Gasteiger partial charge in [-0.1, -0.05) is 13.8 Å². The van der Waals surface area contributed by atoms with Gasteiger partial charge in [0.05, 0.1) is 9.85 Å². The molecule has 0 amide bonds. The summed E-state index contributed by atoms with van der Waals surface area (Å²) in [7, 11) is 0. The molecule has 0 aliphatic carbocycles. The van der Waals surface area contributed by atoms with Crippen LogP contribution in [-0.2, 0) is 19.9 Å². The minimum absolute atomic E-state index is 0.352.